The molecule has 6 heteroatoms. The highest BCUT2D eigenvalue weighted by atomic mass is 32.2. The lowest BCUT2D eigenvalue weighted by molar-refractivity contribution is -0.909. The molecule has 0 aliphatic carbocycles. The quantitative estimate of drug-likeness (QED) is 0.136. The number of quaternary nitrogens is 2. The Kier molecular flexibility index (Phi) is 16.4. The van der Waals surface area contributed by atoms with E-state index in [4.69, 9.17) is 0 Å². The predicted octanol–water partition coefficient (Wildman–Crippen LogP) is 5.28. The Labute approximate surface area is 190 Å². The SMILES string of the molecule is CCCCCCCCCCCCCC[N+](C)(C)CCC[N+](C)(C)CCCS(=O)(=O)[O-].[H+]. The minimum atomic E-state index is -4.08. The Morgan fingerprint density at radius 1 is 0.567 bits per heavy atom. The first-order chi connectivity index (χ1) is 14.0. The van der Waals surface area contributed by atoms with Crippen LogP contribution < -0.4 is 0 Å². The summed E-state index contributed by atoms with van der Waals surface area (Å²) in [5.74, 6) is -0.241. The molecule has 0 rings (SSSR count). The third-order valence-corrected chi connectivity index (χ3v) is 7.09. The van der Waals surface area contributed by atoms with E-state index >= 15 is 0 Å². The Hall–Kier alpha value is -0.170. The van der Waals surface area contributed by atoms with Crippen LogP contribution in [-0.2, 0) is 10.1 Å². The number of hydrogen-bond acceptors (Lipinski definition) is 3. The van der Waals surface area contributed by atoms with Gasteiger partial charge in [-0.15, -0.1) is 0 Å². The first-order valence-corrected chi connectivity index (χ1v) is 14.1. The van der Waals surface area contributed by atoms with Gasteiger partial charge >= 0.3 is 1.43 Å². The van der Waals surface area contributed by atoms with Gasteiger partial charge in [-0.25, -0.2) is 8.42 Å². The van der Waals surface area contributed by atoms with Crippen LogP contribution >= 0.6 is 0 Å². The average Bonchev–Trinajstić information content (AvgIpc) is 2.61. The summed E-state index contributed by atoms with van der Waals surface area (Å²) in [6, 6.07) is 0. The van der Waals surface area contributed by atoms with E-state index in [1.54, 1.807) is 0 Å². The maximum Gasteiger partial charge on any atom is 1.00 e. The van der Waals surface area contributed by atoms with E-state index in [1.165, 1.54) is 83.6 Å². The minimum Gasteiger partial charge on any atom is -0.748 e. The summed E-state index contributed by atoms with van der Waals surface area (Å²) in [5, 5.41) is 0. The van der Waals surface area contributed by atoms with Crippen LogP contribution in [0.5, 0.6) is 0 Å². The highest BCUT2D eigenvalue weighted by Crippen LogP contribution is 2.13. The van der Waals surface area contributed by atoms with Crippen LogP contribution in [0.3, 0.4) is 0 Å². The van der Waals surface area contributed by atoms with Crippen LogP contribution in [0.25, 0.3) is 0 Å². The maximum atomic E-state index is 10.8. The molecule has 0 saturated carbocycles. The number of unbranched alkanes of at least 4 members (excludes halogenated alkanes) is 11. The highest BCUT2D eigenvalue weighted by Gasteiger charge is 2.19. The topological polar surface area (TPSA) is 57.2 Å². The molecule has 0 amide bonds. The van der Waals surface area contributed by atoms with Crippen LogP contribution in [0, 0.1) is 0 Å². The third kappa shape index (κ3) is 21.1. The summed E-state index contributed by atoms with van der Waals surface area (Å²) in [5.41, 5.74) is 0. The molecule has 0 aromatic carbocycles. The summed E-state index contributed by atoms with van der Waals surface area (Å²) in [4.78, 5) is 0. The maximum absolute atomic E-state index is 10.8. The number of rotatable bonds is 21. The van der Waals surface area contributed by atoms with Gasteiger partial charge < -0.3 is 13.5 Å². The van der Waals surface area contributed by atoms with Crippen molar-refractivity contribution in [1.82, 2.24) is 0 Å². The molecule has 0 bridgehead atoms. The largest absolute Gasteiger partial charge is 1.00 e. The molecule has 0 unspecified atom stereocenters. The molecule has 0 aliphatic rings. The molecule has 182 valence electrons. The second kappa shape index (κ2) is 16.5. The van der Waals surface area contributed by atoms with E-state index in [0.29, 0.717) is 6.42 Å². The van der Waals surface area contributed by atoms with Crippen molar-refractivity contribution in [2.45, 2.75) is 96.8 Å². The molecule has 0 aromatic rings. The number of nitrogens with zero attached hydrogens (tertiary/aromatic N) is 2. The van der Waals surface area contributed by atoms with E-state index in [-0.39, 0.29) is 7.18 Å². The van der Waals surface area contributed by atoms with E-state index in [1.807, 2.05) is 0 Å². The Bertz CT molecular complexity index is 511. The van der Waals surface area contributed by atoms with Crippen molar-refractivity contribution in [3.8, 4) is 0 Å². The van der Waals surface area contributed by atoms with Crippen molar-refractivity contribution >= 4 is 10.1 Å². The Morgan fingerprint density at radius 3 is 1.30 bits per heavy atom. The van der Waals surface area contributed by atoms with Crippen molar-refractivity contribution in [1.29, 1.82) is 0 Å². The molecule has 0 heterocycles. The molecule has 30 heavy (non-hydrogen) atoms. The lowest BCUT2D eigenvalue weighted by Crippen LogP contribution is -2.46. The molecule has 0 radical (unpaired) electrons. The zero-order valence-electron chi connectivity index (χ0n) is 22.0. The van der Waals surface area contributed by atoms with Gasteiger partial charge in [-0.1, -0.05) is 71.1 Å². The van der Waals surface area contributed by atoms with Crippen LogP contribution in [0.15, 0.2) is 0 Å². The van der Waals surface area contributed by atoms with E-state index < -0.39 is 10.1 Å². The van der Waals surface area contributed by atoms with Crippen LogP contribution in [0.2, 0.25) is 0 Å². The smallest absolute Gasteiger partial charge is 0.748 e. The normalized spacial score (nSPS) is 13.1. The van der Waals surface area contributed by atoms with Gasteiger partial charge in [-0.05, 0) is 12.8 Å². The molecule has 0 aromatic heterocycles. The van der Waals surface area contributed by atoms with E-state index in [0.717, 1.165) is 35.0 Å². The van der Waals surface area contributed by atoms with Gasteiger partial charge in [0.15, 0.2) is 0 Å². The average molecular weight is 451 g/mol. The van der Waals surface area contributed by atoms with Gasteiger partial charge in [0.2, 0.25) is 0 Å². The van der Waals surface area contributed by atoms with Gasteiger partial charge in [-0.2, -0.15) is 0 Å². The zero-order valence-corrected chi connectivity index (χ0v) is 21.8. The van der Waals surface area contributed by atoms with E-state index in [9.17, 15) is 13.0 Å². The summed E-state index contributed by atoms with van der Waals surface area (Å²) in [7, 11) is 4.82. The summed E-state index contributed by atoms with van der Waals surface area (Å²) >= 11 is 0. The van der Waals surface area contributed by atoms with Gasteiger partial charge in [0.25, 0.3) is 0 Å². The standard InChI is InChI=1S/C24H53N2O3S/c1-6-7-8-9-10-11-12-13-14-15-16-17-20-25(2,3)21-18-22-26(4,5)23-19-24-30(27,28)29/h6-24H2,1-5H3/q+1/p+1. The summed E-state index contributed by atoms with van der Waals surface area (Å²) < 4.78 is 34.1. The van der Waals surface area contributed by atoms with Gasteiger partial charge in [0.1, 0.15) is 0 Å². The first kappa shape index (κ1) is 29.8. The minimum absolute atomic E-state index is 0. The molecule has 0 N–H and O–H groups in total. The van der Waals surface area contributed by atoms with Crippen LogP contribution in [-0.4, -0.2) is 82.1 Å². The van der Waals surface area contributed by atoms with E-state index in [2.05, 4.69) is 35.1 Å². The molecule has 0 atom stereocenters. The molecule has 0 fully saturated rings. The fraction of sp³-hybridized carbons (Fsp3) is 1.00. The molecular weight excluding hydrogens is 396 g/mol. The summed E-state index contributed by atoms with van der Waals surface area (Å²) in [6.45, 7) is 6.43. The molecule has 5 nitrogen and oxygen atoms in total. The van der Waals surface area contributed by atoms with Gasteiger partial charge in [0.05, 0.1) is 64.5 Å². The second-order valence-corrected chi connectivity index (χ2v) is 12.1. The van der Waals surface area contributed by atoms with Crippen molar-refractivity contribution in [3.05, 3.63) is 0 Å². The third-order valence-electron chi connectivity index (χ3n) is 6.30. The lowest BCUT2D eigenvalue weighted by atomic mass is 10.1. The monoisotopic (exact) mass is 450 g/mol. The van der Waals surface area contributed by atoms with Gasteiger partial charge in [0, 0.05) is 18.6 Å². The second-order valence-electron chi connectivity index (χ2n) is 10.6. The van der Waals surface area contributed by atoms with Crippen LogP contribution in [0.1, 0.15) is 98.2 Å². The van der Waals surface area contributed by atoms with Crippen LogP contribution in [0.4, 0.5) is 0 Å². The Morgan fingerprint density at radius 2 is 0.900 bits per heavy atom. The molecular formula is C24H54N2O3S+2. The van der Waals surface area contributed by atoms with Crippen molar-refractivity contribution < 1.29 is 23.4 Å². The predicted molar refractivity (Wildman–Crippen MR) is 130 cm³/mol. The van der Waals surface area contributed by atoms with Crippen molar-refractivity contribution in [2.75, 3.05) is 60.1 Å². The Balaban J connectivity index is 0. The fourth-order valence-corrected chi connectivity index (χ4v) is 4.68. The zero-order chi connectivity index (χ0) is 22.9. The summed E-state index contributed by atoms with van der Waals surface area (Å²) in [6.07, 6.45) is 18.3. The highest BCUT2D eigenvalue weighted by molar-refractivity contribution is 7.85. The first-order valence-electron chi connectivity index (χ1n) is 12.5. The molecule has 0 aliphatic heterocycles. The van der Waals surface area contributed by atoms with Crippen molar-refractivity contribution in [2.24, 2.45) is 0 Å². The fourth-order valence-electron chi connectivity index (χ4n) is 4.20. The van der Waals surface area contributed by atoms with Crippen molar-refractivity contribution in [3.63, 3.8) is 0 Å². The molecule has 0 saturated heterocycles. The lowest BCUT2D eigenvalue weighted by Gasteiger charge is -2.33. The molecule has 0 spiro atoms. The number of hydrogen-bond donors (Lipinski definition) is 0. The van der Waals surface area contributed by atoms with Gasteiger partial charge in [-0.3, -0.25) is 0 Å².